The Bertz CT molecular complexity index is 306. The first-order valence-corrected chi connectivity index (χ1v) is 4.83. The fourth-order valence-electron chi connectivity index (χ4n) is 0.876. The lowest BCUT2D eigenvalue weighted by Gasteiger charge is -2.28. The van der Waals surface area contributed by atoms with Crippen LogP contribution in [-0.2, 0) is 0 Å². The quantitative estimate of drug-likeness (QED) is 0.462. The van der Waals surface area contributed by atoms with Gasteiger partial charge in [0.25, 0.3) is 0 Å². The summed E-state index contributed by atoms with van der Waals surface area (Å²) in [7, 11) is 0. The summed E-state index contributed by atoms with van der Waals surface area (Å²) in [6.07, 6.45) is -2.23. The fourth-order valence-corrected chi connectivity index (χ4v) is 1.63. The van der Waals surface area contributed by atoms with Crippen LogP contribution >= 0.6 is 31.9 Å². The normalized spacial score (nSPS) is 35.8. The molecule has 2 unspecified atom stereocenters. The van der Waals surface area contributed by atoms with Gasteiger partial charge < -0.3 is 0 Å². The second-order valence-electron chi connectivity index (χ2n) is 2.73. The third kappa shape index (κ3) is 1.58. The Morgan fingerprint density at radius 3 is 2.23 bits per heavy atom. The van der Waals surface area contributed by atoms with Crippen molar-refractivity contribution in [1.82, 2.24) is 0 Å². The van der Waals surface area contributed by atoms with E-state index in [0.29, 0.717) is 0 Å². The molecule has 0 spiro atoms. The van der Waals surface area contributed by atoms with Crippen LogP contribution in [-0.4, -0.2) is 10.5 Å². The van der Waals surface area contributed by atoms with Crippen molar-refractivity contribution in [1.29, 1.82) is 0 Å². The van der Waals surface area contributed by atoms with Gasteiger partial charge in [-0.15, -0.1) is 0 Å². The minimum absolute atomic E-state index is 0.797. The first-order chi connectivity index (χ1) is 5.80. The van der Waals surface area contributed by atoms with Crippen molar-refractivity contribution < 1.29 is 17.6 Å². The zero-order valence-electron chi connectivity index (χ0n) is 6.35. The molecule has 0 aromatic rings. The van der Waals surface area contributed by atoms with Gasteiger partial charge in [0, 0.05) is 0 Å². The number of alkyl halides is 2. The summed E-state index contributed by atoms with van der Waals surface area (Å²) < 4.78 is 49.1. The van der Waals surface area contributed by atoms with Gasteiger partial charge in [0.1, 0.15) is 4.32 Å². The molecule has 0 saturated carbocycles. The summed E-state index contributed by atoms with van der Waals surface area (Å²) in [5.41, 5.74) is 0. The molecule has 0 radical (unpaired) electrons. The summed E-state index contributed by atoms with van der Waals surface area (Å²) in [6, 6.07) is 0. The van der Waals surface area contributed by atoms with Crippen LogP contribution in [0.15, 0.2) is 22.0 Å². The van der Waals surface area contributed by atoms with E-state index in [1.807, 2.05) is 0 Å². The standard InChI is InChI=1S/C7H4Br2F4/c1-7(9)5(12)3(10)2(8)4(11)6(7)13/h5H,1H3. The molecule has 74 valence electrons. The smallest absolute Gasteiger partial charge is 0.174 e. The van der Waals surface area contributed by atoms with E-state index >= 15 is 0 Å². The maximum Gasteiger partial charge on any atom is 0.174 e. The molecule has 0 fully saturated rings. The Labute approximate surface area is 88.9 Å². The van der Waals surface area contributed by atoms with E-state index in [-0.39, 0.29) is 0 Å². The van der Waals surface area contributed by atoms with Gasteiger partial charge in [-0.2, -0.15) is 0 Å². The van der Waals surface area contributed by atoms with Crippen LogP contribution in [0, 0.1) is 0 Å². The highest BCUT2D eigenvalue weighted by Crippen LogP contribution is 2.47. The van der Waals surface area contributed by atoms with Crippen LogP contribution in [0.4, 0.5) is 17.6 Å². The zero-order valence-corrected chi connectivity index (χ0v) is 9.52. The van der Waals surface area contributed by atoms with Crippen molar-refractivity contribution in [3.8, 4) is 0 Å². The van der Waals surface area contributed by atoms with Crippen LogP contribution in [0.3, 0.4) is 0 Å². The van der Waals surface area contributed by atoms with Crippen LogP contribution in [0.2, 0.25) is 0 Å². The summed E-state index contributed by atoms with van der Waals surface area (Å²) in [4.78, 5) is 0. The highest BCUT2D eigenvalue weighted by molar-refractivity contribution is 9.12. The molecule has 0 N–H and O–H groups in total. The highest BCUT2D eigenvalue weighted by atomic mass is 79.9. The van der Waals surface area contributed by atoms with Gasteiger partial charge in [0.15, 0.2) is 23.7 Å². The van der Waals surface area contributed by atoms with Crippen LogP contribution < -0.4 is 0 Å². The number of hydrogen-bond acceptors (Lipinski definition) is 0. The van der Waals surface area contributed by atoms with Crippen molar-refractivity contribution in [2.24, 2.45) is 0 Å². The largest absolute Gasteiger partial charge is 0.238 e. The second kappa shape index (κ2) is 3.38. The monoisotopic (exact) mass is 322 g/mol. The maximum absolute atomic E-state index is 13.1. The summed E-state index contributed by atoms with van der Waals surface area (Å²) in [6.45, 7) is 1.02. The molecule has 0 nitrogen and oxygen atoms in total. The lowest BCUT2D eigenvalue weighted by Crippen LogP contribution is -2.34. The third-order valence-electron chi connectivity index (χ3n) is 1.72. The van der Waals surface area contributed by atoms with Crippen molar-refractivity contribution in [2.75, 3.05) is 0 Å². The number of rotatable bonds is 0. The van der Waals surface area contributed by atoms with Crippen LogP contribution in [0.25, 0.3) is 0 Å². The van der Waals surface area contributed by atoms with Gasteiger partial charge in [-0.1, -0.05) is 15.9 Å². The van der Waals surface area contributed by atoms with Gasteiger partial charge in [-0.3, -0.25) is 0 Å². The molecule has 13 heavy (non-hydrogen) atoms. The molecular weight excluding hydrogens is 320 g/mol. The number of hydrogen-bond donors (Lipinski definition) is 0. The van der Waals surface area contributed by atoms with E-state index in [1.54, 1.807) is 0 Å². The molecule has 1 aliphatic rings. The number of halogens is 6. The minimum atomic E-state index is -2.23. The molecular formula is C7H4Br2F4. The van der Waals surface area contributed by atoms with E-state index in [4.69, 9.17) is 0 Å². The van der Waals surface area contributed by atoms with E-state index in [2.05, 4.69) is 31.9 Å². The zero-order chi connectivity index (χ0) is 10.4. The van der Waals surface area contributed by atoms with Gasteiger partial charge in [-0.25, -0.2) is 17.6 Å². The van der Waals surface area contributed by atoms with E-state index in [1.165, 1.54) is 0 Å². The first-order valence-electron chi connectivity index (χ1n) is 3.24. The van der Waals surface area contributed by atoms with Crippen molar-refractivity contribution in [3.63, 3.8) is 0 Å². The Hall–Kier alpha value is 0.160. The van der Waals surface area contributed by atoms with Crippen LogP contribution in [0.5, 0.6) is 0 Å². The van der Waals surface area contributed by atoms with Gasteiger partial charge >= 0.3 is 0 Å². The molecule has 6 heteroatoms. The lowest BCUT2D eigenvalue weighted by atomic mass is 9.98. The first kappa shape index (κ1) is 11.2. The maximum atomic E-state index is 13.1. The number of allylic oxidation sites excluding steroid dienone is 4. The minimum Gasteiger partial charge on any atom is -0.238 e. The summed E-state index contributed by atoms with van der Waals surface area (Å²) in [5, 5.41) is 0. The molecule has 2 atom stereocenters. The van der Waals surface area contributed by atoms with E-state index in [9.17, 15) is 17.6 Å². The predicted molar refractivity (Wildman–Crippen MR) is 48.5 cm³/mol. The Morgan fingerprint density at radius 2 is 1.77 bits per heavy atom. The molecule has 0 aromatic heterocycles. The average molecular weight is 324 g/mol. The van der Waals surface area contributed by atoms with Crippen molar-refractivity contribution >= 4 is 31.9 Å². The molecule has 0 saturated heterocycles. The fraction of sp³-hybridized carbons (Fsp3) is 0.429. The predicted octanol–water partition coefficient (Wildman–Crippen LogP) is 4.22. The van der Waals surface area contributed by atoms with Gasteiger partial charge in [0.05, 0.1) is 4.48 Å². The highest BCUT2D eigenvalue weighted by Gasteiger charge is 2.47. The molecule has 1 aliphatic carbocycles. The van der Waals surface area contributed by atoms with Crippen molar-refractivity contribution in [3.05, 3.63) is 22.0 Å². The second-order valence-corrected chi connectivity index (χ2v) is 5.17. The summed E-state index contributed by atoms with van der Waals surface area (Å²) in [5.74, 6) is -4.11. The molecule has 0 heterocycles. The molecule has 0 aliphatic heterocycles. The molecule has 0 aromatic carbocycles. The average Bonchev–Trinajstić information content (AvgIpc) is 2.09. The topological polar surface area (TPSA) is 0 Å². The Morgan fingerprint density at radius 1 is 1.31 bits per heavy atom. The lowest BCUT2D eigenvalue weighted by molar-refractivity contribution is 0.256. The third-order valence-corrected chi connectivity index (χ3v) is 3.20. The van der Waals surface area contributed by atoms with E-state index in [0.717, 1.165) is 6.92 Å². The molecule has 0 bridgehead atoms. The Kier molecular flexibility index (Phi) is 2.92. The van der Waals surface area contributed by atoms with Crippen molar-refractivity contribution in [2.45, 2.75) is 17.4 Å². The van der Waals surface area contributed by atoms with E-state index < -0.39 is 32.5 Å². The SMILES string of the molecule is CC1(Br)C(F)=C(F)C(Br)=C(F)C1F. The Balaban J connectivity index is 3.32. The van der Waals surface area contributed by atoms with Crippen LogP contribution in [0.1, 0.15) is 6.92 Å². The van der Waals surface area contributed by atoms with Gasteiger partial charge in [-0.05, 0) is 22.9 Å². The molecule has 1 rings (SSSR count). The van der Waals surface area contributed by atoms with Gasteiger partial charge in [0.2, 0.25) is 0 Å². The summed E-state index contributed by atoms with van der Waals surface area (Å²) >= 11 is 5.01. The molecule has 0 amide bonds.